The molecule has 0 aliphatic carbocycles. The second-order valence-electron chi connectivity index (χ2n) is 8.57. The minimum atomic E-state index is -0.670. The maximum atomic E-state index is 13.2. The lowest BCUT2D eigenvalue weighted by molar-refractivity contribution is -0.147. The zero-order valence-corrected chi connectivity index (χ0v) is 16.0. The van der Waals surface area contributed by atoms with Crippen LogP contribution in [0, 0.1) is 11.3 Å². The summed E-state index contributed by atoms with van der Waals surface area (Å²) in [7, 11) is 0. The van der Waals surface area contributed by atoms with E-state index in [1.165, 1.54) is 11.8 Å². The molecule has 0 radical (unpaired) electrons. The minimum Gasteiger partial charge on any atom is -0.391 e. The number of aliphatic hydroxyl groups is 1. The van der Waals surface area contributed by atoms with Gasteiger partial charge in [-0.2, -0.15) is 0 Å². The number of nitrogens with zero attached hydrogens (tertiary/aromatic N) is 2. The summed E-state index contributed by atoms with van der Waals surface area (Å²) in [5.74, 6) is -0.768. The van der Waals surface area contributed by atoms with Crippen molar-refractivity contribution in [1.29, 1.82) is 0 Å². The molecule has 0 aromatic rings. The van der Waals surface area contributed by atoms with Crippen LogP contribution in [0.15, 0.2) is 0 Å². The lowest BCUT2D eigenvalue weighted by atomic mass is 9.77. The summed E-state index contributed by atoms with van der Waals surface area (Å²) in [5, 5.41) is 9.92. The summed E-state index contributed by atoms with van der Waals surface area (Å²) in [6.07, 6.45) is 2.97. The van der Waals surface area contributed by atoms with Gasteiger partial charge in [-0.1, -0.05) is 20.8 Å². The summed E-state index contributed by atoms with van der Waals surface area (Å²) in [4.78, 5) is 41.1. The van der Waals surface area contributed by atoms with Gasteiger partial charge in [-0.3, -0.25) is 14.4 Å². The van der Waals surface area contributed by atoms with E-state index in [0.717, 1.165) is 32.4 Å². The predicted molar refractivity (Wildman–Crippen MR) is 94.8 cm³/mol. The molecule has 0 spiro atoms. The smallest absolute Gasteiger partial charge is 0.227 e. The standard InChI is InChI=1S/C19H32N2O4/c1-13(22)16-10-14(23)12-21(16)18(25)15(19(2,3)4)11-17(24)20-8-6-5-7-9-20/h14-16,23H,5-12H2,1-4H3/t14-,15-,16+/m1/s1. The molecule has 2 saturated heterocycles. The highest BCUT2D eigenvalue weighted by Gasteiger charge is 2.43. The highest BCUT2D eigenvalue weighted by molar-refractivity contribution is 5.91. The van der Waals surface area contributed by atoms with Crippen LogP contribution in [-0.2, 0) is 14.4 Å². The number of hydrogen-bond donors (Lipinski definition) is 1. The number of piperidine rings is 1. The molecule has 0 aromatic heterocycles. The van der Waals surface area contributed by atoms with Crippen LogP contribution in [0.5, 0.6) is 0 Å². The van der Waals surface area contributed by atoms with E-state index < -0.39 is 23.5 Å². The van der Waals surface area contributed by atoms with Crippen LogP contribution in [0.2, 0.25) is 0 Å². The zero-order valence-electron chi connectivity index (χ0n) is 16.0. The molecule has 2 amide bonds. The first-order valence-corrected chi connectivity index (χ1v) is 9.38. The van der Waals surface area contributed by atoms with Crippen LogP contribution in [0.1, 0.15) is 59.8 Å². The number of hydrogen-bond acceptors (Lipinski definition) is 4. The Morgan fingerprint density at radius 3 is 2.24 bits per heavy atom. The second-order valence-corrected chi connectivity index (χ2v) is 8.57. The Hall–Kier alpha value is -1.43. The molecule has 2 fully saturated rings. The Bertz CT molecular complexity index is 520. The third-order valence-electron chi connectivity index (χ3n) is 5.46. The van der Waals surface area contributed by atoms with E-state index >= 15 is 0 Å². The lowest BCUT2D eigenvalue weighted by Crippen LogP contribution is -2.48. The maximum Gasteiger partial charge on any atom is 0.227 e. The highest BCUT2D eigenvalue weighted by Crippen LogP contribution is 2.34. The van der Waals surface area contributed by atoms with Crippen molar-refractivity contribution >= 4 is 17.6 Å². The number of rotatable bonds is 4. The number of carbonyl (C=O) groups excluding carboxylic acids is 3. The molecule has 0 unspecified atom stereocenters. The van der Waals surface area contributed by atoms with Crippen molar-refractivity contribution in [3.63, 3.8) is 0 Å². The molecule has 0 saturated carbocycles. The first kappa shape index (κ1) is 19.9. The van der Waals surface area contributed by atoms with Gasteiger partial charge >= 0.3 is 0 Å². The Morgan fingerprint density at radius 2 is 1.72 bits per heavy atom. The van der Waals surface area contributed by atoms with Crippen LogP contribution in [0.3, 0.4) is 0 Å². The predicted octanol–water partition coefficient (Wildman–Crippen LogP) is 1.60. The minimum absolute atomic E-state index is 0.0205. The van der Waals surface area contributed by atoms with Gasteiger partial charge < -0.3 is 14.9 Å². The molecular formula is C19H32N2O4. The molecule has 25 heavy (non-hydrogen) atoms. The van der Waals surface area contributed by atoms with Gasteiger partial charge in [0.2, 0.25) is 11.8 Å². The molecule has 0 bridgehead atoms. The molecule has 2 aliphatic heterocycles. The summed E-state index contributed by atoms with van der Waals surface area (Å²) < 4.78 is 0. The van der Waals surface area contributed by atoms with E-state index in [9.17, 15) is 19.5 Å². The fraction of sp³-hybridized carbons (Fsp3) is 0.842. The van der Waals surface area contributed by atoms with Gasteiger partial charge in [0.1, 0.15) is 0 Å². The van der Waals surface area contributed by atoms with E-state index in [1.807, 2.05) is 25.7 Å². The molecule has 3 atom stereocenters. The van der Waals surface area contributed by atoms with Gasteiger partial charge in [-0.05, 0) is 31.6 Å². The van der Waals surface area contributed by atoms with Crippen molar-refractivity contribution in [2.24, 2.45) is 11.3 Å². The van der Waals surface area contributed by atoms with Gasteiger partial charge in [0.15, 0.2) is 5.78 Å². The van der Waals surface area contributed by atoms with Gasteiger partial charge in [0, 0.05) is 32.5 Å². The van der Waals surface area contributed by atoms with Crippen molar-refractivity contribution in [3.8, 4) is 0 Å². The molecule has 2 heterocycles. The quantitative estimate of drug-likeness (QED) is 0.834. The van der Waals surface area contributed by atoms with Crippen molar-refractivity contribution in [2.45, 2.75) is 71.9 Å². The molecule has 6 heteroatoms. The van der Waals surface area contributed by atoms with Crippen LogP contribution < -0.4 is 0 Å². The Morgan fingerprint density at radius 1 is 1.12 bits per heavy atom. The summed E-state index contributed by atoms with van der Waals surface area (Å²) in [6, 6.07) is -0.572. The number of aliphatic hydroxyl groups excluding tert-OH is 1. The monoisotopic (exact) mass is 352 g/mol. The normalized spacial score (nSPS) is 25.8. The number of carbonyl (C=O) groups is 3. The molecule has 6 nitrogen and oxygen atoms in total. The maximum absolute atomic E-state index is 13.2. The van der Waals surface area contributed by atoms with Gasteiger partial charge in [-0.25, -0.2) is 0 Å². The van der Waals surface area contributed by atoms with Crippen molar-refractivity contribution in [2.75, 3.05) is 19.6 Å². The first-order chi connectivity index (χ1) is 11.6. The van der Waals surface area contributed by atoms with Crippen molar-refractivity contribution in [3.05, 3.63) is 0 Å². The third kappa shape index (κ3) is 4.81. The first-order valence-electron chi connectivity index (χ1n) is 9.38. The van der Waals surface area contributed by atoms with Crippen LogP contribution in [-0.4, -0.2) is 64.3 Å². The SMILES string of the molecule is CC(=O)[C@@H]1C[C@@H](O)CN1C(=O)[C@@H](CC(=O)N1CCCCC1)C(C)(C)C. The number of ketones is 1. The number of amides is 2. The molecule has 0 aromatic carbocycles. The average molecular weight is 352 g/mol. The highest BCUT2D eigenvalue weighted by atomic mass is 16.3. The molecule has 142 valence electrons. The summed E-state index contributed by atoms with van der Waals surface area (Å²) in [5.41, 5.74) is -0.391. The summed E-state index contributed by atoms with van der Waals surface area (Å²) >= 11 is 0. The number of Topliss-reactive ketones (excluding diaryl/α,β-unsaturated/α-hetero) is 1. The Kier molecular flexibility index (Phi) is 6.25. The topological polar surface area (TPSA) is 77.9 Å². The molecule has 2 aliphatic rings. The number of β-amino-alcohol motifs (C(OH)–C–C–N with tert-alkyl or cyclic N) is 1. The summed E-state index contributed by atoms with van der Waals surface area (Å²) in [6.45, 7) is 9.02. The van der Waals surface area contributed by atoms with E-state index in [1.54, 1.807) is 0 Å². The van der Waals surface area contributed by atoms with Crippen molar-refractivity contribution in [1.82, 2.24) is 9.80 Å². The van der Waals surface area contributed by atoms with Crippen molar-refractivity contribution < 1.29 is 19.5 Å². The van der Waals surface area contributed by atoms with E-state index in [-0.39, 0.29) is 37.0 Å². The van der Waals surface area contributed by atoms with E-state index in [2.05, 4.69) is 0 Å². The average Bonchev–Trinajstić information content (AvgIpc) is 2.93. The fourth-order valence-electron chi connectivity index (χ4n) is 3.85. The Labute approximate surface area is 150 Å². The van der Waals surface area contributed by atoms with Gasteiger partial charge in [0.25, 0.3) is 0 Å². The lowest BCUT2D eigenvalue weighted by Gasteiger charge is -2.36. The Balaban J connectivity index is 2.15. The van der Waals surface area contributed by atoms with E-state index in [0.29, 0.717) is 0 Å². The van der Waals surface area contributed by atoms with Gasteiger partial charge in [0.05, 0.1) is 18.1 Å². The van der Waals surface area contributed by atoms with Crippen LogP contribution >= 0.6 is 0 Å². The third-order valence-corrected chi connectivity index (χ3v) is 5.46. The van der Waals surface area contributed by atoms with Gasteiger partial charge in [-0.15, -0.1) is 0 Å². The zero-order chi connectivity index (χ0) is 18.8. The molecule has 1 N–H and O–H groups in total. The fourth-order valence-corrected chi connectivity index (χ4v) is 3.85. The van der Waals surface area contributed by atoms with Crippen LogP contribution in [0.4, 0.5) is 0 Å². The molecule has 2 rings (SSSR count). The largest absolute Gasteiger partial charge is 0.391 e. The van der Waals surface area contributed by atoms with E-state index in [4.69, 9.17) is 0 Å². The molecular weight excluding hydrogens is 320 g/mol. The second kappa shape index (κ2) is 7.85. The van der Waals surface area contributed by atoms with Crippen LogP contribution in [0.25, 0.3) is 0 Å². The number of likely N-dealkylation sites (tertiary alicyclic amines) is 2.